The van der Waals surface area contributed by atoms with E-state index in [1.165, 1.54) is 0 Å². The van der Waals surface area contributed by atoms with Crippen molar-refractivity contribution >= 4 is 35.4 Å². The lowest BCUT2D eigenvalue weighted by atomic mass is 10.1. The maximum atomic E-state index is 12.7. The summed E-state index contributed by atoms with van der Waals surface area (Å²) in [4.78, 5) is 45.0. The number of primary amides is 1. The fraction of sp³-hybridized carbons (Fsp3) is 0.520. The molecule has 2 aromatic rings. The molecule has 1 aromatic heterocycles. The van der Waals surface area contributed by atoms with Gasteiger partial charge in [-0.1, -0.05) is 13.3 Å². The Morgan fingerprint density at radius 2 is 1.89 bits per heavy atom. The number of hydrogen-bond acceptors (Lipinski definition) is 10. The molecule has 0 saturated carbocycles. The van der Waals surface area contributed by atoms with Crippen molar-refractivity contribution in [3.63, 3.8) is 0 Å². The number of unbranched alkanes of at least 4 members (excludes halogenated alkanes) is 1. The highest BCUT2D eigenvalue weighted by Crippen LogP contribution is 2.22. The first kappa shape index (κ1) is 27.0. The number of rotatable bonds is 9. The van der Waals surface area contributed by atoms with Gasteiger partial charge in [-0.15, -0.1) is 10.2 Å². The number of hydrogen-bond donors (Lipinski definition) is 3. The average Bonchev–Trinajstić information content (AvgIpc) is 2.93. The van der Waals surface area contributed by atoms with Gasteiger partial charge >= 0.3 is 6.09 Å². The van der Waals surface area contributed by atoms with Crippen molar-refractivity contribution in [2.75, 3.05) is 56.2 Å². The highest BCUT2D eigenvalue weighted by molar-refractivity contribution is 5.97. The van der Waals surface area contributed by atoms with Gasteiger partial charge in [0.05, 0.1) is 19.8 Å². The van der Waals surface area contributed by atoms with E-state index in [1.807, 2.05) is 11.8 Å². The third-order valence-corrected chi connectivity index (χ3v) is 6.36. The molecule has 0 radical (unpaired) electrons. The van der Waals surface area contributed by atoms with Crippen molar-refractivity contribution in [3.8, 4) is 0 Å². The minimum atomic E-state index is -0.772. The quantitative estimate of drug-likeness (QED) is 0.409. The molecule has 0 aliphatic carbocycles. The second-order valence-corrected chi connectivity index (χ2v) is 9.20. The van der Waals surface area contributed by atoms with Crippen LogP contribution in [0.25, 0.3) is 0 Å². The number of nitrogens with one attached hydrogen (secondary N) is 2. The van der Waals surface area contributed by atoms with E-state index in [9.17, 15) is 14.4 Å². The number of nitrogens with two attached hydrogens (primary N) is 1. The van der Waals surface area contributed by atoms with Gasteiger partial charge in [-0.2, -0.15) is 4.98 Å². The Morgan fingerprint density at radius 1 is 1.13 bits per heavy atom. The molecule has 204 valence electrons. The van der Waals surface area contributed by atoms with E-state index < -0.39 is 12.0 Å². The monoisotopic (exact) mass is 526 g/mol. The molecule has 4 rings (SSSR count). The molecule has 2 aliphatic heterocycles. The standard InChI is InChI=1S/C25H34N8O5/c1-2-3-13-38-25(36)28-19-5-4-10-33(16-19)24-29-22(20(21(26)34)30-31-24)27-18-8-6-17(7-9-18)23(35)32-11-14-37-15-12-32/h6-9,19H,2-5,10-16H2,1H3,(H2,26,34)(H,28,36)(H,27,29,31). The van der Waals surface area contributed by atoms with Gasteiger partial charge < -0.3 is 35.6 Å². The lowest BCUT2D eigenvalue weighted by Crippen LogP contribution is -2.48. The minimum absolute atomic E-state index is 0.0637. The molecule has 2 saturated heterocycles. The molecular formula is C25H34N8O5. The molecule has 0 bridgehead atoms. The van der Waals surface area contributed by atoms with Crippen LogP contribution in [-0.4, -0.2) is 90.0 Å². The number of ether oxygens (including phenoxy) is 2. The second kappa shape index (κ2) is 13.0. The van der Waals surface area contributed by atoms with Gasteiger partial charge in [0, 0.05) is 43.5 Å². The summed E-state index contributed by atoms with van der Waals surface area (Å²) in [5, 5.41) is 14.1. The number of aromatic nitrogens is 3. The van der Waals surface area contributed by atoms with Gasteiger partial charge in [-0.05, 0) is 43.5 Å². The van der Waals surface area contributed by atoms with Crippen molar-refractivity contribution in [1.29, 1.82) is 0 Å². The Labute approximate surface area is 221 Å². The van der Waals surface area contributed by atoms with E-state index in [0.29, 0.717) is 63.2 Å². The van der Waals surface area contributed by atoms with Crippen LogP contribution in [0.5, 0.6) is 0 Å². The van der Waals surface area contributed by atoms with Gasteiger partial charge in [0.15, 0.2) is 11.5 Å². The number of nitrogens with zero attached hydrogens (tertiary/aromatic N) is 5. The van der Waals surface area contributed by atoms with Crippen LogP contribution >= 0.6 is 0 Å². The molecule has 1 unspecified atom stereocenters. The van der Waals surface area contributed by atoms with Crippen LogP contribution in [0.1, 0.15) is 53.5 Å². The average molecular weight is 527 g/mol. The van der Waals surface area contributed by atoms with Gasteiger partial charge in [0.2, 0.25) is 5.95 Å². The van der Waals surface area contributed by atoms with Crippen LogP contribution in [-0.2, 0) is 9.47 Å². The van der Waals surface area contributed by atoms with Gasteiger partial charge in [-0.3, -0.25) is 9.59 Å². The fourth-order valence-corrected chi connectivity index (χ4v) is 4.28. The summed E-state index contributed by atoms with van der Waals surface area (Å²) in [6, 6.07) is 6.74. The molecule has 3 amide bonds. The molecule has 13 heteroatoms. The lowest BCUT2D eigenvalue weighted by Gasteiger charge is -2.32. The number of benzene rings is 1. The normalized spacial score (nSPS) is 17.6. The van der Waals surface area contributed by atoms with E-state index in [-0.39, 0.29) is 23.5 Å². The summed E-state index contributed by atoms with van der Waals surface area (Å²) in [6.45, 7) is 5.73. The van der Waals surface area contributed by atoms with Crippen LogP contribution < -0.4 is 21.3 Å². The summed E-state index contributed by atoms with van der Waals surface area (Å²) < 4.78 is 10.5. The first-order valence-corrected chi connectivity index (χ1v) is 12.9. The van der Waals surface area contributed by atoms with Crippen LogP contribution in [0.4, 0.5) is 22.2 Å². The van der Waals surface area contributed by atoms with Crippen molar-refractivity contribution in [3.05, 3.63) is 35.5 Å². The predicted molar refractivity (Wildman–Crippen MR) is 139 cm³/mol. The largest absolute Gasteiger partial charge is 0.450 e. The maximum absolute atomic E-state index is 12.7. The number of carbonyl (C=O) groups is 3. The smallest absolute Gasteiger partial charge is 0.407 e. The van der Waals surface area contributed by atoms with Crippen LogP contribution in [0.3, 0.4) is 0 Å². The summed E-state index contributed by atoms with van der Waals surface area (Å²) >= 11 is 0. The fourth-order valence-electron chi connectivity index (χ4n) is 4.28. The Kier molecular flexibility index (Phi) is 9.25. The lowest BCUT2D eigenvalue weighted by molar-refractivity contribution is 0.0303. The predicted octanol–water partition coefficient (Wildman–Crippen LogP) is 1.68. The molecule has 0 spiro atoms. The SMILES string of the molecule is CCCCOC(=O)NC1CCCN(c2nnc(C(N)=O)c(Nc3ccc(C(=O)N4CCOCC4)cc3)n2)C1. The Morgan fingerprint density at radius 3 is 2.61 bits per heavy atom. The van der Waals surface area contributed by atoms with E-state index >= 15 is 0 Å². The van der Waals surface area contributed by atoms with Gasteiger partial charge in [-0.25, -0.2) is 4.79 Å². The number of anilines is 3. The zero-order valence-electron chi connectivity index (χ0n) is 21.5. The maximum Gasteiger partial charge on any atom is 0.407 e. The van der Waals surface area contributed by atoms with Crippen molar-refractivity contribution in [2.45, 2.75) is 38.6 Å². The molecule has 3 heterocycles. The summed E-state index contributed by atoms with van der Waals surface area (Å²) in [5.41, 5.74) is 6.56. The highest BCUT2D eigenvalue weighted by atomic mass is 16.5. The Hall–Kier alpha value is -4.00. The van der Waals surface area contributed by atoms with Gasteiger partial charge in [0.25, 0.3) is 11.8 Å². The van der Waals surface area contributed by atoms with Crippen LogP contribution in [0.15, 0.2) is 24.3 Å². The van der Waals surface area contributed by atoms with E-state index in [0.717, 1.165) is 25.7 Å². The summed E-state index contributed by atoms with van der Waals surface area (Å²) in [5.74, 6) is -0.372. The molecular weight excluding hydrogens is 492 g/mol. The molecule has 38 heavy (non-hydrogen) atoms. The number of morpholine rings is 1. The third-order valence-electron chi connectivity index (χ3n) is 6.36. The molecule has 13 nitrogen and oxygen atoms in total. The number of amides is 3. The minimum Gasteiger partial charge on any atom is -0.450 e. The van der Waals surface area contributed by atoms with E-state index in [1.54, 1.807) is 29.2 Å². The topological polar surface area (TPSA) is 165 Å². The molecule has 2 fully saturated rings. The first-order valence-electron chi connectivity index (χ1n) is 12.9. The Balaban J connectivity index is 1.44. The molecule has 1 atom stereocenters. The molecule has 2 aliphatic rings. The number of piperidine rings is 1. The number of alkyl carbamates (subject to hydrolysis) is 1. The number of carbonyl (C=O) groups excluding carboxylic acids is 3. The van der Waals surface area contributed by atoms with Gasteiger partial charge in [0.1, 0.15) is 0 Å². The van der Waals surface area contributed by atoms with Crippen LogP contribution in [0.2, 0.25) is 0 Å². The zero-order chi connectivity index (χ0) is 26.9. The van der Waals surface area contributed by atoms with Crippen molar-refractivity contribution < 1.29 is 23.9 Å². The second-order valence-electron chi connectivity index (χ2n) is 9.20. The van der Waals surface area contributed by atoms with E-state index in [4.69, 9.17) is 15.2 Å². The van der Waals surface area contributed by atoms with Crippen molar-refractivity contribution in [2.24, 2.45) is 5.73 Å². The van der Waals surface area contributed by atoms with Crippen molar-refractivity contribution in [1.82, 2.24) is 25.4 Å². The first-order chi connectivity index (χ1) is 18.4. The zero-order valence-corrected chi connectivity index (χ0v) is 21.5. The molecule has 1 aromatic carbocycles. The summed E-state index contributed by atoms with van der Waals surface area (Å²) in [6.07, 6.45) is 2.93. The summed E-state index contributed by atoms with van der Waals surface area (Å²) in [7, 11) is 0. The van der Waals surface area contributed by atoms with E-state index in [2.05, 4.69) is 25.8 Å². The third kappa shape index (κ3) is 7.06. The van der Waals surface area contributed by atoms with Crippen LogP contribution in [0, 0.1) is 0 Å². The Bertz CT molecular complexity index is 1120. The highest BCUT2D eigenvalue weighted by Gasteiger charge is 2.26. The molecule has 4 N–H and O–H groups in total.